The fourth-order valence-corrected chi connectivity index (χ4v) is 7.96. The van der Waals surface area contributed by atoms with Gasteiger partial charge in [-0.15, -0.1) is 0 Å². The Balaban J connectivity index is 0.0000105. The number of phosphoric acid groups is 3. The third kappa shape index (κ3) is 14.8. The van der Waals surface area contributed by atoms with E-state index in [1.807, 2.05) is 0 Å². The van der Waals surface area contributed by atoms with Crippen LogP contribution in [0.1, 0.15) is 40.3 Å². The molecule has 7 atom stereocenters. The van der Waals surface area contributed by atoms with Crippen molar-refractivity contribution in [3.05, 3.63) is 12.7 Å². The zero-order valence-electron chi connectivity index (χ0n) is 28.1. The highest BCUT2D eigenvalue weighted by Crippen LogP contribution is 2.61. The number of nitrogens with two attached hydrogens (primary N) is 1. The highest BCUT2D eigenvalue weighted by Gasteiger charge is 2.50. The van der Waals surface area contributed by atoms with Crippen molar-refractivity contribution >= 4 is 75.1 Å². The number of hydrogen-bond donors (Lipinski definition) is 10. The minimum absolute atomic E-state index is 0. The minimum Gasteiger partial charge on any atom is -0.481 e. The third-order valence-corrected chi connectivity index (χ3v) is 11.0. The van der Waals surface area contributed by atoms with Gasteiger partial charge in [-0.3, -0.25) is 37.3 Å². The molecule has 55 heavy (non-hydrogen) atoms. The summed E-state index contributed by atoms with van der Waals surface area (Å²) in [7, 11) is -16.4. The van der Waals surface area contributed by atoms with Crippen molar-refractivity contribution in [2.24, 2.45) is 5.41 Å². The lowest BCUT2D eigenvalue weighted by atomic mass is 9.87. The molecule has 2 aromatic heterocycles. The highest BCUT2D eigenvalue weighted by molar-refractivity contribution is 8.13. The van der Waals surface area contributed by atoms with Gasteiger partial charge in [-0.2, -0.15) is 4.31 Å². The largest absolute Gasteiger partial charge is 0.481 e. The van der Waals surface area contributed by atoms with Gasteiger partial charge < -0.3 is 56.0 Å². The molecule has 312 valence electrons. The van der Waals surface area contributed by atoms with Crippen LogP contribution >= 0.6 is 35.2 Å². The summed E-state index contributed by atoms with van der Waals surface area (Å²) in [5.41, 5.74) is 4.19. The first-order valence-electron chi connectivity index (χ1n) is 15.2. The number of phosphoric ester groups is 3. The summed E-state index contributed by atoms with van der Waals surface area (Å²) in [5.74, 6) is -2.80. The normalized spacial score (nSPS) is 21.5. The number of nitrogen functional groups attached to an aromatic ring is 1. The van der Waals surface area contributed by atoms with Crippen LogP contribution in [0.5, 0.6) is 0 Å². The van der Waals surface area contributed by atoms with Crippen LogP contribution in [0.25, 0.3) is 11.2 Å². The van der Waals surface area contributed by atoms with Crippen molar-refractivity contribution in [3.8, 4) is 0 Å². The maximum absolute atomic E-state index is 12.6. The summed E-state index contributed by atoms with van der Waals surface area (Å²) in [6.45, 7) is 0.132. The van der Waals surface area contributed by atoms with Gasteiger partial charge >= 0.3 is 29.4 Å². The van der Waals surface area contributed by atoms with Crippen molar-refractivity contribution in [1.29, 1.82) is 0 Å². The number of ether oxygens (including phenoxy) is 1. The highest BCUT2D eigenvalue weighted by atomic mass is 32.2. The first kappa shape index (κ1) is 48.2. The number of fused-ring (bicyclic) bond motifs is 1. The number of imidazole rings is 1. The number of carbonyl (C=O) groups excluding carboxylic acids is 3. The molecule has 1 saturated heterocycles. The molecule has 1 aliphatic heterocycles. The van der Waals surface area contributed by atoms with Crippen LogP contribution in [0, 0.1) is 5.41 Å². The zero-order chi connectivity index (χ0) is 40.6. The van der Waals surface area contributed by atoms with Gasteiger partial charge in [0, 0.05) is 30.7 Å². The molecule has 3 heterocycles. The number of nitrogens with zero attached hydrogens (tertiary/aromatic N) is 4. The van der Waals surface area contributed by atoms with Crippen LogP contribution in [-0.2, 0) is 55.5 Å². The first-order valence-corrected chi connectivity index (χ1v) is 20.7. The Hall–Kier alpha value is -2.97. The average Bonchev–Trinajstić information content (AvgIpc) is 3.60. The molecule has 26 nitrogen and oxygen atoms in total. The Kier molecular flexibility index (Phi) is 17.5. The Bertz CT molecular complexity index is 1830. The van der Waals surface area contributed by atoms with Crippen LogP contribution in [0.15, 0.2) is 12.7 Å². The van der Waals surface area contributed by atoms with Gasteiger partial charge in [0.25, 0.3) is 0 Å². The number of aliphatic hydroxyl groups is 2. The molecule has 0 radical (unpaired) electrons. The molecule has 11 N–H and O–H groups in total. The maximum atomic E-state index is 12.6. The van der Waals surface area contributed by atoms with E-state index in [9.17, 15) is 62.7 Å². The zero-order valence-corrected chi connectivity index (χ0v) is 31.6. The summed E-state index contributed by atoms with van der Waals surface area (Å²) in [6, 6.07) is 0. The van der Waals surface area contributed by atoms with Crippen molar-refractivity contribution in [1.82, 2.24) is 30.2 Å². The van der Waals surface area contributed by atoms with E-state index >= 15 is 0 Å². The molecule has 7 unspecified atom stereocenters. The van der Waals surface area contributed by atoms with Gasteiger partial charge in [-0.05, 0) is 0 Å². The molecule has 1 aliphatic rings. The number of aliphatic carboxylic acids is 1. The predicted molar refractivity (Wildman–Crippen MR) is 186 cm³/mol. The van der Waals surface area contributed by atoms with E-state index in [-0.39, 0.29) is 49.7 Å². The molecule has 2 amide bonds. The molecule has 0 saturated carbocycles. The number of amides is 2. The number of nitrogens with one attached hydrogen (secondary N) is 2. The number of anilines is 1. The topological polar surface area (TPSA) is 401 Å². The van der Waals surface area contributed by atoms with Gasteiger partial charge in [0.1, 0.15) is 42.7 Å². The summed E-state index contributed by atoms with van der Waals surface area (Å²) in [6.07, 6.45) is -7.78. The molecule has 0 bridgehead atoms. The van der Waals surface area contributed by atoms with Crippen molar-refractivity contribution in [2.75, 3.05) is 37.8 Å². The van der Waals surface area contributed by atoms with E-state index in [1.165, 1.54) is 13.8 Å². The standard InChI is InChI=1S/C24H38N7O19P3S.CH4/c1-24(2,19(37)22(38)27-4-3-13(32)26-5-6-54-15(35)7-14(33)34)9-47-53(44,45)50-52(42,43)46-8-12-18(49-51(39,40)41)17(36)23(48-12)31-11-30-16-20(25)28-10-29-21(16)31;/h10-12,17-19,23,36-37H,3-9H2,1-2H3,(H,26,32)(H,27,38)(H,33,34)(H,42,43)(H,44,45)(H2,25,28,29)(H2,39,40,41);1H4. The van der Waals surface area contributed by atoms with E-state index in [0.717, 1.165) is 29.0 Å². The Morgan fingerprint density at radius 3 is 2.35 bits per heavy atom. The van der Waals surface area contributed by atoms with Gasteiger partial charge in [0.05, 0.1) is 19.5 Å². The summed E-state index contributed by atoms with van der Waals surface area (Å²) in [5, 5.41) is 34.0. The van der Waals surface area contributed by atoms with Crippen molar-refractivity contribution in [3.63, 3.8) is 0 Å². The molecular weight excluding hydrogens is 827 g/mol. The van der Waals surface area contributed by atoms with Crippen LogP contribution in [0.3, 0.4) is 0 Å². The number of aliphatic hydroxyl groups excluding tert-OH is 2. The third-order valence-electron chi connectivity index (χ3n) is 7.06. The lowest BCUT2D eigenvalue weighted by Gasteiger charge is -2.30. The Morgan fingerprint density at radius 1 is 1.05 bits per heavy atom. The number of thioether (sulfide) groups is 1. The number of carboxylic acid groups (broad SMARTS) is 1. The summed E-state index contributed by atoms with van der Waals surface area (Å²) >= 11 is 0.718. The second kappa shape index (κ2) is 19.9. The van der Waals surface area contributed by atoms with Gasteiger partial charge in [0.2, 0.25) is 11.8 Å². The monoisotopic (exact) mass is 869 g/mol. The molecule has 30 heteroatoms. The van der Waals surface area contributed by atoms with Gasteiger partial charge in [-0.25, -0.2) is 28.6 Å². The Labute approximate surface area is 315 Å². The molecular formula is C25H42N7O19P3S. The van der Waals surface area contributed by atoms with E-state index in [1.54, 1.807) is 0 Å². The van der Waals surface area contributed by atoms with Crippen molar-refractivity contribution in [2.45, 2.75) is 64.8 Å². The molecule has 0 spiro atoms. The van der Waals surface area contributed by atoms with Crippen LogP contribution in [-0.4, -0.2) is 134 Å². The fourth-order valence-electron chi connectivity index (χ4n) is 4.47. The van der Waals surface area contributed by atoms with Crippen LogP contribution < -0.4 is 16.4 Å². The van der Waals surface area contributed by atoms with Crippen LogP contribution in [0.4, 0.5) is 5.82 Å². The quantitative estimate of drug-likeness (QED) is 0.0399. The summed E-state index contributed by atoms with van der Waals surface area (Å²) in [4.78, 5) is 97.0. The second-order valence-corrected chi connectivity index (χ2v) is 17.2. The molecule has 3 rings (SSSR count). The van der Waals surface area contributed by atoms with E-state index < -0.39 is 102 Å². The minimum atomic E-state index is -5.59. The number of carbonyl (C=O) groups is 4. The average molecular weight is 870 g/mol. The second-order valence-electron chi connectivity index (χ2n) is 11.9. The first-order chi connectivity index (χ1) is 24.9. The van der Waals surface area contributed by atoms with Crippen LogP contribution in [0.2, 0.25) is 0 Å². The van der Waals surface area contributed by atoms with Gasteiger partial charge in [-0.1, -0.05) is 33.0 Å². The number of aromatic nitrogens is 4. The molecule has 1 fully saturated rings. The van der Waals surface area contributed by atoms with E-state index in [4.69, 9.17) is 24.6 Å². The predicted octanol–water partition coefficient (Wildman–Crippen LogP) is -1.22. The Morgan fingerprint density at radius 2 is 1.71 bits per heavy atom. The molecule has 0 aliphatic carbocycles. The van der Waals surface area contributed by atoms with E-state index in [2.05, 4.69) is 34.4 Å². The fraction of sp³-hybridized carbons (Fsp3) is 0.640. The molecule has 2 aromatic rings. The van der Waals surface area contributed by atoms with E-state index in [0.29, 0.717) is 0 Å². The number of carboxylic acids is 1. The van der Waals surface area contributed by atoms with Crippen molar-refractivity contribution < 1.29 is 90.4 Å². The summed E-state index contributed by atoms with van der Waals surface area (Å²) < 4.78 is 61.8. The number of hydrogen-bond acceptors (Lipinski definition) is 19. The maximum Gasteiger partial charge on any atom is 0.481 e. The lowest BCUT2D eigenvalue weighted by molar-refractivity contribution is -0.139. The molecule has 0 aromatic carbocycles. The van der Waals surface area contributed by atoms with Gasteiger partial charge in [0.15, 0.2) is 22.8 Å². The lowest BCUT2D eigenvalue weighted by Crippen LogP contribution is -2.46. The SMILES string of the molecule is C.CC(C)(COP(=O)(O)OP(=O)(O)OCC1OC(n2cnc3c(N)ncnc32)C(O)C1OP(=O)(O)O)C(O)C(=O)NCCC(=O)NCCSC(=O)CC(=O)O. The number of rotatable bonds is 21. The smallest absolute Gasteiger partial charge is 0.481 e.